The number of benzene rings is 1. The molecule has 4 nitrogen and oxygen atoms in total. The van der Waals surface area contributed by atoms with Gasteiger partial charge >= 0.3 is 0 Å². The highest BCUT2D eigenvalue weighted by molar-refractivity contribution is 5.43. The van der Waals surface area contributed by atoms with E-state index >= 15 is 0 Å². The van der Waals surface area contributed by atoms with Crippen molar-refractivity contribution in [2.45, 2.75) is 6.10 Å². The molecule has 1 aromatic rings. The van der Waals surface area contributed by atoms with Gasteiger partial charge in [0.2, 0.25) is 0 Å². The number of nitrogens with two attached hydrogens (primary N) is 1. The van der Waals surface area contributed by atoms with E-state index in [0.29, 0.717) is 11.3 Å². The molecule has 5 heteroatoms. The van der Waals surface area contributed by atoms with Crippen LogP contribution in [0.5, 0.6) is 11.5 Å². The van der Waals surface area contributed by atoms with Gasteiger partial charge in [0.15, 0.2) is 11.6 Å². The second kappa shape index (κ2) is 4.95. The normalized spacial score (nSPS) is 12.3. The molecule has 0 spiro atoms. The third kappa shape index (κ3) is 2.37. The van der Waals surface area contributed by atoms with Crippen molar-refractivity contribution in [1.82, 2.24) is 0 Å². The van der Waals surface area contributed by atoms with Crippen LogP contribution < -0.4 is 15.2 Å². The number of methoxy groups -OCH3 is 2. The van der Waals surface area contributed by atoms with Gasteiger partial charge < -0.3 is 20.3 Å². The van der Waals surface area contributed by atoms with E-state index in [1.807, 2.05) is 0 Å². The van der Waals surface area contributed by atoms with E-state index in [-0.39, 0.29) is 12.3 Å². The number of halogens is 1. The summed E-state index contributed by atoms with van der Waals surface area (Å²) < 4.78 is 23.1. The van der Waals surface area contributed by atoms with E-state index in [4.69, 9.17) is 15.2 Å². The number of ether oxygens (including phenoxy) is 2. The summed E-state index contributed by atoms with van der Waals surface area (Å²) in [5.41, 5.74) is 5.61. The summed E-state index contributed by atoms with van der Waals surface area (Å²) in [4.78, 5) is 0. The second-order valence-corrected chi connectivity index (χ2v) is 2.98. The zero-order valence-electron chi connectivity index (χ0n) is 8.66. The van der Waals surface area contributed by atoms with Crippen LogP contribution in [0.25, 0.3) is 0 Å². The molecule has 84 valence electrons. The fraction of sp³-hybridized carbons (Fsp3) is 0.400. The summed E-state index contributed by atoms with van der Waals surface area (Å²) in [6.45, 7) is 0.00211. The Hall–Kier alpha value is -1.33. The molecule has 1 rings (SSSR count). The molecule has 0 saturated carbocycles. The first-order chi connectivity index (χ1) is 7.13. The largest absolute Gasteiger partial charge is 0.496 e. The first-order valence-corrected chi connectivity index (χ1v) is 4.43. The number of aliphatic hydroxyl groups excluding tert-OH is 1. The minimum absolute atomic E-state index is 0.00211. The summed E-state index contributed by atoms with van der Waals surface area (Å²) in [5.74, 6) is -0.133. The molecule has 0 heterocycles. The molecule has 0 aliphatic heterocycles. The van der Waals surface area contributed by atoms with E-state index in [1.54, 1.807) is 0 Å². The van der Waals surface area contributed by atoms with Crippen molar-refractivity contribution >= 4 is 0 Å². The zero-order valence-corrected chi connectivity index (χ0v) is 8.66. The highest BCUT2D eigenvalue weighted by Crippen LogP contribution is 2.31. The molecule has 0 radical (unpaired) electrons. The fourth-order valence-corrected chi connectivity index (χ4v) is 1.27. The molecule has 1 unspecified atom stereocenters. The van der Waals surface area contributed by atoms with Crippen LogP contribution in [0.3, 0.4) is 0 Å². The van der Waals surface area contributed by atoms with E-state index in [2.05, 4.69) is 0 Å². The third-order valence-electron chi connectivity index (χ3n) is 2.09. The van der Waals surface area contributed by atoms with Crippen LogP contribution in [0.1, 0.15) is 11.7 Å². The molecule has 1 aromatic carbocycles. The van der Waals surface area contributed by atoms with Gasteiger partial charge in [-0.3, -0.25) is 0 Å². The van der Waals surface area contributed by atoms with Crippen LogP contribution in [-0.4, -0.2) is 25.9 Å². The number of hydrogen-bond acceptors (Lipinski definition) is 4. The monoisotopic (exact) mass is 215 g/mol. The van der Waals surface area contributed by atoms with Crippen LogP contribution >= 0.6 is 0 Å². The first-order valence-electron chi connectivity index (χ1n) is 4.43. The van der Waals surface area contributed by atoms with Crippen LogP contribution in [0.15, 0.2) is 12.1 Å². The van der Waals surface area contributed by atoms with Crippen molar-refractivity contribution in [1.29, 1.82) is 0 Å². The lowest BCUT2D eigenvalue weighted by molar-refractivity contribution is 0.181. The van der Waals surface area contributed by atoms with Crippen molar-refractivity contribution < 1.29 is 19.0 Å². The quantitative estimate of drug-likeness (QED) is 0.781. The van der Waals surface area contributed by atoms with E-state index < -0.39 is 11.9 Å². The van der Waals surface area contributed by atoms with E-state index in [9.17, 15) is 9.50 Å². The van der Waals surface area contributed by atoms with Crippen LogP contribution in [-0.2, 0) is 0 Å². The molecular weight excluding hydrogens is 201 g/mol. The minimum Gasteiger partial charge on any atom is -0.496 e. The highest BCUT2D eigenvalue weighted by Gasteiger charge is 2.16. The Morgan fingerprint density at radius 3 is 2.40 bits per heavy atom. The van der Waals surface area contributed by atoms with Crippen LogP contribution in [0.2, 0.25) is 0 Å². The van der Waals surface area contributed by atoms with Gasteiger partial charge in [0.25, 0.3) is 0 Å². The van der Waals surface area contributed by atoms with Gasteiger partial charge in [-0.05, 0) is 6.07 Å². The summed E-state index contributed by atoms with van der Waals surface area (Å²) >= 11 is 0. The fourth-order valence-electron chi connectivity index (χ4n) is 1.27. The molecule has 0 saturated heterocycles. The standard InChI is InChI=1S/C10H14FNO3/c1-14-9-4-10(15-2)7(11)3-6(9)8(13)5-12/h3-4,8,13H,5,12H2,1-2H3. The topological polar surface area (TPSA) is 64.7 Å². The Morgan fingerprint density at radius 2 is 1.93 bits per heavy atom. The molecule has 0 amide bonds. The Morgan fingerprint density at radius 1 is 1.33 bits per heavy atom. The molecule has 0 fully saturated rings. The van der Waals surface area contributed by atoms with Crippen molar-refractivity contribution in [3.8, 4) is 11.5 Å². The molecule has 0 bridgehead atoms. The number of aliphatic hydroxyl groups is 1. The Bertz CT molecular complexity index is 344. The Kier molecular flexibility index (Phi) is 3.88. The molecular formula is C10H14FNO3. The lowest BCUT2D eigenvalue weighted by Gasteiger charge is -2.14. The van der Waals surface area contributed by atoms with Gasteiger partial charge in [-0.15, -0.1) is 0 Å². The smallest absolute Gasteiger partial charge is 0.165 e. The van der Waals surface area contributed by atoms with Crippen LogP contribution in [0, 0.1) is 5.82 Å². The van der Waals surface area contributed by atoms with Crippen molar-refractivity contribution in [2.75, 3.05) is 20.8 Å². The third-order valence-corrected chi connectivity index (χ3v) is 2.09. The van der Waals surface area contributed by atoms with Gasteiger partial charge in [-0.25, -0.2) is 4.39 Å². The van der Waals surface area contributed by atoms with Gasteiger partial charge in [-0.1, -0.05) is 0 Å². The molecule has 0 aliphatic carbocycles. The lowest BCUT2D eigenvalue weighted by Crippen LogP contribution is -2.13. The van der Waals surface area contributed by atoms with E-state index in [1.165, 1.54) is 20.3 Å². The van der Waals surface area contributed by atoms with Crippen LogP contribution in [0.4, 0.5) is 4.39 Å². The summed E-state index contributed by atoms with van der Waals surface area (Å²) in [5, 5.41) is 9.52. The maximum Gasteiger partial charge on any atom is 0.165 e. The average molecular weight is 215 g/mol. The molecule has 0 aliphatic rings. The predicted molar refractivity (Wildman–Crippen MR) is 53.5 cm³/mol. The Balaban J connectivity index is 3.21. The SMILES string of the molecule is COc1cc(OC)c(C(O)CN)cc1F. The summed E-state index contributed by atoms with van der Waals surface area (Å²) in [7, 11) is 2.79. The summed E-state index contributed by atoms with van der Waals surface area (Å²) in [6, 6.07) is 2.54. The average Bonchev–Trinajstić information content (AvgIpc) is 2.27. The molecule has 0 aromatic heterocycles. The zero-order chi connectivity index (χ0) is 11.4. The van der Waals surface area contributed by atoms with Crippen molar-refractivity contribution in [3.05, 3.63) is 23.5 Å². The number of rotatable bonds is 4. The molecule has 3 N–H and O–H groups in total. The predicted octanol–water partition coefficient (Wildman–Crippen LogP) is 0.835. The number of hydrogen-bond donors (Lipinski definition) is 2. The minimum atomic E-state index is -0.944. The van der Waals surface area contributed by atoms with Crippen molar-refractivity contribution in [2.24, 2.45) is 5.73 Å². The van der Waals surface area contributed by atoms with Gasteiger partial charge in [0.1, 0.15) is 5.75 Å². The second-order valence-electron chi connectivity index (χ2n) is 2.98. The maximum atomic E-state index is 13.3. The Labute approximate surface area is 87.4 Å². The van der Waals surface area contributed by atoms with Gasteiger partial charge in [0, 0.05) is 18.2 Å². The highest BCUT2D eigenvalue weighted by atomic mass is 19.1. The molecule has 1 atom stereocenters. The van der Waals surface area contributed by atoms with Gasteiger partial charge in [-0.2, -0.15) is 0 Å². The lowest BCUT2D eigenvalue weighted by atomic mass is 10.1. The molecule has 15 heavy (non-hydrogen) atoms. The van der Waals surface area contributed by atoms with E-state index in [0.717, 1.165) is 6.07 Å². The summed E-state index contributed by atoms with van der Waals surface area (Å²) in [6.07, 6.45) is -0.944. The van der Waals surface area contributed by atoms with Crippen molar-refractivity contribution in [3.63, 3.8) is 0 Å². The maximum absolute atomic E-state index is 13.3. The van der Waals surface area contributed by atoms with Gasteiger partial charge in [0.05, 0.1) is 20.3 Å². The first kappa shape index (κ1) is 11.7.